The number of fused-ring (bicyclic) bond motifs is 1. The van der Waals surface area contributed by atoms with Gasteiger partial charge >= 0.3 is 0 Å². The van der Waals surface area contributed by atoms with E-state index in [-0.39, 0.29) is 6.04 Å². The molecular weight excluding hydrogens is 304 g/mol. The van der Waals surface area contributed by atoms with Gasteiger partial charge in [-0.15, -0.1) is 5.10 Å². The van der Waals surface area contributed by atoms with Crippen molar-refractivity contribution in [3.05, 3.63) is 58.7 Å². The molecule has 5 heteroatoms. The lowest BCUT2D eigenvalue weighted by Gasteiger charge is -2.12. The Balaban J connectivity index is 1.82. The van der Waals surface area contributed by atoms with E-state index >= 15 is 0 Å². The minimum absolute atomic E-state index is 0.158. The fraction of sp³-hybridized carbons (Fsp3) is 0.143. The summed E-state index contributed by atoms with van der Waals surface area (Å²) in [6, 6.07) is 14.2. The van der Waals surface area contributed by atoms with Crippen LogP contribution in [0.5, 0.6) is 0 Å². The molecule has 19 heavy (non-hydrogen) atoms. The molecule has 0 aliphatic rings. The normalized spacial score (nSPS) is 12.5. The summed E-state index contributed by atoms with van der Waals surface area (Å²) in [6.45, 7) is 2.09. The van der Waals surface area contributed by atoms with E-state index in [1.54, 1.807) is 4.52 Å². The van der Waals surface area contributed by atoms with Crippen LogP contribution in [0, 0.1) is 0 Å². The van der Waals surface area contributed by atoms with Crippen LogP contribution in [-0.2, 0) is 0 Å². The minimum Gasteiger partial charge on any atom is -0.346 e. The van der Waals surface area contributed by atoms with Crippen LogP contribution >= 0.6 is 15.9 Å². The topological polar surface area (TPSA) is 42.2 Å². The van der Waals surface area contributed by atoms with Crippen molar-refractivity contribution in [1.82, 2.24) is 14.6 Å². The number of anilines is 1. The molecule has 1 atom stereocenters. The van der Waals surface area contributed by atoms with Gasteiger partial charge in [-0.25, -0.2) is 4.52 Å². The summed E-state index contributed by atoms with van der Waals surface area (Å²) in [4.78, 5) is 4.43. The molecule has 0 spiro atoms. The molecule has 3 rings (SSSR count). The summed E-state index contributed by atoms with van der Waals surface area (Å²) in [5.41, 5.74) is 2.04. The molecule has 96 valence electrons. The van der Waals surface area contributed by atoms with Gasteiger partial charge in [0.2, 0.25) is 5.95 Å². The first-order valence-electron chi connectivity index (χ1n) is 6.06. The molecule has 0 radical (unpaired) electrons. The Morgan fingerprint density at radius 1 is 1.16 bits per heavy atom. The van der Waals surface area contributed by atoms with Crippen LogP contribution in [0.25, 0.3) is 5.65 Å². The predicted molar refractivity (Wildman–Crippen MR) is 79.2 cm³/mol. The third-order valence-electron chi connectivity index (χ3n) is 2.96. The quantitative estimate of drug-likeness (QED) is 0.801. The van der Waals surface area contributed by atoms with Crippen LogP contribution < -0.4 is 5.32 Å². The summed E-state index contributed by atoms with van der Waals surface area (Å²) in [7, 11) is 0. The van der Waals surface area contributed by atoms with Crippen LogP contribution in [-0.4, -0.2) is 14.6 Å². The van der Waals surface area contributed by atoms with Gasteiger partial charge in [-0.3, -0.25) is 0 Å². The summed E-state index contributed by atoms with van der Waals surface area (Å²) >= 11 is 3.44. The first kappa shape index (κ1) is 12.2. The van der Waals surface area contributed by atoms with Crippen LogP contribution in [0.3, 0.4) is 0 Å². The van der Waals surface area contributed by atoms with Gasteiger partial charge in [-0.2, -0.15) is 4.98 Å². The number of nitrogens with one attached hydrogen (secondary N) is 1. The van der Waals surface area contributed by atoms with Gasteiger partial charge < -0.3 is 5.32 Å². The van der Waals surface area contributed by atoms with Crippen molar-refractivity contribution in [2.75, 3.05) is 5.32 Å². The minimum atomic E-state index is 0.158. The smallest absolute Gasteiger partial charge is 0.243 e. The van der Waals surface area contributed by atoms with Crippen molar-refractivity contribution in [3.63, 3.8) is 0 Å². The van der Waals surface area contributed by atoms with Gasteiger partial charge in [0, 0.05) is 10.7 Å². The van der Waals surface area contributed by atoms with E-state index in [1.807, 2.05) is 36.5 Å². The summed E-state index contributed by atoms with van der Waals surface area (Å²) in [5, 5.41) is 7.69. The Morgan fingerprint density at radius 2 is 1.95 bits per heavy atom. The Morgan fingerprint density at radius 3 is 2.68 bits per heavy atom. The number of nitrogens with zero attached hydrogens (tertiary/aromatic N) is 3. The maximum Gasteiger partial charge on any atom is 0.243 e. The fourth-order valence-electron chi connectivity index (χ4n) is 1.92. The van der Waals surface area contributed by atoms with E-state index in [2.05, 4.69) is 50.4 Å². The van der Waals surface area contributed by atoms with Crippen molar-refractivity contribution in [2.24, 2.45) is 0 Å². The molecule has 4 nitrogen and oxygen atoms in total. The molecule has 2 aromatic heterocycles. The summed E-state index contributed by atoms with van der Waals surface area (Å²) in [6.07, 6.45) is 1.89. The maximum atomic E-state index is 4.43. The molecule has 0 bridgehead atoms. The zero-order chi connectivity index (χ0) is 13.2. The van der Waals surface area contributed by atoms with Gasteiger partial charge in [-0.05, 0) is 36.8 Å². The lowest BCUT2D eigenvalue weighted by molar-refractivity contribution is 0.852. The Labute approximate surface area is 119 Å². The van der Waals surface area contributed by atoms with Gasteiger partial charge in [-0.1, -0.05) is 34.1 Å². The van der Waals surface area contributed by atoms with Crippen LogP contribution in [0.15, 0.2) is 53.1 Å². The number of hydrogen-bond acceptors (Lipinski definition) is 3. The second kappa shape index (κ2) is 5.01. The van der Waals surface area contributed by atoms with Gasteiger partial charge in [0.15, 0.2) is 5.65 Å². The van der Waals surface area contributed by atoms with Crippen molar-refractivity contribution in [1.29, 1.82) is 0 Å². The first-order valence-corrected chi connectivity index (χ1v) is 6.85. The molecule has 0 saturated carbocycles. The highest BCUT2D eigenvalue weighted by molar-refractivity contribution is 9.10. The van der Waals surface area contributed by atoms with Gasteiger partial charge in [0.1, 0.15) is 0 Å². The second-order valence-electron chi connectivity index (χ2n) is 4.36. The lowest BCUT2D eigenvalue weighted by atomic mass is 10.1. The molecule has 0 saturated heterocycles. The van der Waals surface area contributed by atoms with Crippen LogP contribution in [0.1, 0.15) is 18.5 Å². The number of halogens is 1. The molecule has 3 aromatic rings. The number of rotatable bonds is 3. The van der Waals surface area contributed by atoms with E-state index in [9.17, 15) is 0 Å². The highest BCUT2D eigenvalue weighted by atomic mass is 79.9. The number of hydrogen-bond donors (Lipinski definition) is 1. The van der Waals surface area contributed by atoms with Crippen molar-refractivity contribution in [2.45, 2.75) is 13.0 Å². The standard InChI is InChI=1S/C14H13BrN4/c1-10(11-5-7-12(15)8-6-11)16-14-17-13-4-2-3-9-19(13)18-14/h2-10H,1H3,(H,16,18). The first-order chi connectivity index (χ1) is 9.22. The molecule has 2 heterocycles. The highest BCUT2D eigenvalue weighted by Gasteiger charge is 2.08. The third kappa shape index (κ3) is 2.61. The summed E-state index contributed by atoms with van der Waals surface area (Å²) in [5.74, 6) is 0.640. The average molecular weight is 317 g/mol. The van der Waals surface area contributed by atoms with E-state index < -0.39 is 0 Å². The predicted octanol–water partition coefficient (Wildman–Crippen LogP) is 3.66. The van der Waals surface area contributed by atoms with Crippen molar-refractivity contribution >= 4 is 27.5 Å². The molecule has 1 unspecified atom stereocenters. The second-order valence-corrected chi connectivity index (χ2v) is 5.27. The average Bonchev–Trinajstić information content (AvgIpc) is 2.81. The molecule has 0 fully saturated rings. The molecule has 0 amide bonds. The number of pyridine rings is 1. The summed E-state index contributed by atoms with van der Waals surface area (Å²) < 4.78 is 2.84. The highest BCUT2D eigenvalue weighted by Crippen LogP contribution is 2.19. The largest absolute Gasteiger partial charge is 0.346 e. The number of aromatic nitrogens is 3. The number of benzene rings is 1. The van der Waals surface area contributed by atoms with Gasteiger partial charge in [0.25, 0.3) is 0 Å². The Kier molecular flexibility index (Phi) is 3.21. The SMILES string of the molecule is CC(Nc1nc2ccccn2n1)c1ccc(Br)cc1. The third-order valence-corrected chi connectivity index (χ3v) is 3.49. The lowest BCUT2D eigenvalue weighted by Crippen LogP contribution is -2.07. The van der Waals surface area contributed by atoms with Crippen molar-refractivity contribution < 1.29 is 0 Å². The zero-order valence-corrected chi connectivity index (χ0v) is 12.0. The fourth-order valence-corrected chi connectivity index (χ4v) is 2.19. The maximum absolute atomic E-state index is 4.43. The molecule has 0 aliphatic heterocycles. The van der Waals surface area contributed by atoms with Crippen LogP contribution in [0.4, 0.5) is 5.95 Å². The molecule has 1 aromatic carbocycles. The Hall–Kier alpha value is -1.88. The van der Waals surface area contributed by atoms with E-state index in [0.717, 1.165) is 10.1 Å². The van der Waals surface area contributed by atoms with Gasteiger partial charge in [0.05, 0.1) is 6.04 Å². The monoisotopic (exact) mass is 316 g/mol. The van der Waals surface area contributed by atoms with E-state index in [0.29, 0.717) is 5.95 Å². The molecular formula is C14H13BrN4. The van der Waals surface area contributed by atoms with E-state index in [1.165, 1.54) is 5.56 Å². The van der Waals surface area contributed by atoms with E-state index in [4.69, 9.17) is 0 Å². The van der Waals surface area contributed by atoms with Crippen molar-refractivity contribution in [3.8, 4) is 0 Å². The molecule has 1 N–H and O–H groups in total. The molecule has 0 aliphatic carbocycles. The zero-order valence-electron chi connectivity index (χ0n) is 10.4. The Bertz CT molecular complexity index is 657. The van der Waals surface area contributed by atoms with Crippen LogP contribution in [0.2, 0.25) is 0 Å².